The maximum Gasteiger partial charge on any atom is 0.255 e. The van der Waals surface area contributed by atoms with Gasteiger partial charge < -0.3 is 15.2 Å². The molecule has 114 valence electrons. The van der Waals surface area contributed by atoms with E-state index in [-0.39, 0.29) is 18.1 Å². The molecule has 0 radical (unpaired) electrons. The molecule has 21 heavy (non-hydrogen) atoms. The summed E-state index contributed by atoms with van der Waals surface area (Å²) in [6, 6.07) is 5.59. The van der Waals surface area contributed by atoms with Gasteiger partial charge in [-0.15, -0.1) is 0 Å². The van der Waals surface area contributed by atoms with E-state index in [1.165, 1.54) is 0 Å². The summed E-state index contributed by atoms with van der Waals surface area (Å²) in [4.78, 5) is 12.5. The lowest BCUT2D eigenvalue weighted by molar-refractivity contribution is 0.0714. The Bertz CT molecular complexity index is 543. The van der Waals surface area contributed by atoms with Crippen LogP contribution in [0.5, 0.6) is 5.75 Å². The van der Waals surface area contributed by atoms with Gasteiger partial charge in [0.25, 0.3) is 5.91 Å². The van der Waals surface area contributed by atoms with Crippen LogP contribution in [0.2, 0.25) is 0 Å². The van der Waals surface area contributed by atoms with Crippen LogP contribution in [-0.2, 0) is 0 Å². The fourth-order valence-corrected chi connectivity index (χ4v) is 3.29. The Morgan fingerprint density at radius 1 is 1.29 bits per heavy atom. The molecule has 2 N–H and O–H groups in total. The third-order valence-electron chi connectivity index (χ3n) is 4.83. The minimum absolute atomic E-state index is 0.0919. The Labute approximate surface area is 125 Å². The predicted molar refractivity (Wildman–Crippen MR) is 80.7 cm³/mol. The molecule has 1 fully saturated rings. The lowest BCUT2D eigenvalue weighted by Gasteiger charge is -2.28. The molecule has 1 aliphatic heterocycles. The van der Waals surface area contributed by atoms with Crippen molar-refractivity contribution >= 4 is 5.91 Å². The molecule has 4 heteroatoms. The van der Waals surface area contributed by atoms with Crippen molar-refractivity contribution in [1.82, 2.24) is 5.32 Å². The molecule has 1 aromatic rings. The van der Waals surface area contributed by atoms with Crippen molar-refractivity contribution in [1.29, 1.82) is 0 Å². The second-order valence-corrected chi connectivity index (χ2v) is 6.27. The van der Waals surface area contributed by atoms with E-state index >= 15 is 0 Å². The minimum Gasteiger partial charge on any atom is -0.489 e. The second kappa shape index (κ2) is 5.68. The Morgan fingerprint density at radius 3 is 2.81 bits per heavy atom. The lowest BCUT2D eigenvalue weighted by Crippen LogP contribution is -2.45. The summed E-state index contributed by atoms with van der Waals surface area (Å²) in [5, 5.41) is 13.0. The molecule has 0 spiro atoms. The molecule has 0 saturated heterocycles. The van der Waals surface area contributed by atoms with Gasteiger partial charge >= 0.3 is 0 Å². The monoisotopic (exact) mass is 289 g/mol. The number of para-hydroxylation sites is 1. The van der Waals surface area contributed by atoms with Gasteiger partial charge in [0.1, 0.15) is 11.9 Å². The van der Waals surface area contributed by atoms with Crippen LogP contribution in [0, 0.1) is 0 Å². The average molecular weight is 289 g/mol. The normalized spacial score (nSPS) is 31.4. The molecule has 0 aromatic heterocycles. The highest BCUT2D eigenvalue weighted by atomic mass is 16.5. The zero-order chi connectivity index (χ0) is 15.0. The summed E-state index contributed by atoms with van der Waals surface area (Å²) in [6.45, 7) is 4.14. The molecule has 3 rings (SSSR count). The molecule has 1 aromatic carbocycles. The van der Waals surface area contributed by atoms with Crippen LogP contribution in [0.1, 0.15) is 61.4 Å². The van der Waals surface area contributed by atoms with Crippen molar-refractivity contribution in [3.63, 3.8) is 0 Å². The zero-order valence-electron chi connectivity index (χ0n) is 12.6. The molecule has 4 nitrogen and oxygen atoms in total. The molecule has 1 heterocycles. The van der Waals surface area contributed by atoms with E-state index in [1.807, 2.05) is 19.1 Å². The first-order valence-electron chi connectivity index (χ1n) is 7.86. The minimum atomic E-state index is -0.432. The number of aliphatic hydroxyl groups is 1. The number of carbonyl (C=O) groups is 1. The first-order chi connectivity index (χ1) is 10.1. The number of nitrogens with one attached hydrogen (secondary N) is 1. The number of hydrogen-bond acceptors (Lipinski definition) is 3. The van der Waals surface area contributed by atoms with Crippen molar-refractivity contribution in [3.8, 4) is 5.75 Å². The first-order valence-corrected chi connectivity index (χ1v) is 7.86. The summed E-state index contributed by atoms with van der Waals surface area (Å²) < 4.78 is 5.86. The average Bonchev–Trinajstić information content (AvgIpc) is 2.77. The maximum absolute atomic E-state index is 12.5. The fourth-order valence-electron chi connectivity index (χ4n) is 3.29. The largest absolute Gasteiger partial charge is 0.489 e. The van der Waals surface area contributed by atoms with Gasteiger partial charge in [-0.3, -0.25) is 4.79 Å². The number of fused-ring (bicyclic) bond motifs is 1. The smallest absolute Gasteiger partial charge is 0.255 e. The summed E-state index contributed by atoms with van der Waals surface area (Å²) >= 11 is 0. The number of ether oxygens (including phenoxy) is 1. The van der Waals surface area contributed by atoms with Crippen molar-refractivity contribution < 1.29 is 14.6 Å². The maximum atomic E-state index is 12.5. The van der Waals surface area contributed by atoms with Gasteiger partial charge in [-0.1, -0.05) is 31.9 Å². The second-order valence-electron chi connectivity index (χ2n) is 6.27. The van der Waals surface area contributed by atoms with E-state index in [0.717, 1.165) is 31.2 Å². The molecule has 1 saturated carbocycles. The summed E-state index contributed by atoms with van der Waals surface area (Å²) in [6.07, 6.45) is 3.36. The molecule has 1 aliphatic carbocycles. The van der Waals surface area contributed by atoms with Crippen LogP contribution in [0.4, 0.5) is 0 Å². The van der Waals surface area contributed by atoms with Gasteiger partial charge in [0.2, 0.25) is 0 Å². The van der Waals surface area contributed by atoms with E-state index in [1.54, 1.807) is 6.07 Å². The highest BCUT2D eigenvalue weighted by molar-refractivity contribution is 5.97. The zero-order valence-corrected chi connectivity index (χ0v) is 12.6. The highest BCUT2D eigenvalue weighted by Gasteiger charge is 2.32. The number of rotatable bonds is 2. The van der Waals surface area contributed by atoms with E-state index < -0.39 is 6.10 Å². The Morgan fingerprint density at radius 2 is 2.05 bits per heavy atom. The van der Waals surface area contributed by atoms with Crippen LogP contribution in [0.3, 0.4) is 0 Å². The van der Waals surface area contributed by atoms with Gasteiger partial charge in [0, 0.05) is 11.5 Å². The van der Waals surface area contributed by atoms with E-state index in [0.29, 0.717) is 17.2 Å². The van der Waals surface area contributed by atoms with E-state index in [4.69, 9.17) is 4.74 Å². The Hall–Kier alpha value is -1.55. The molecule has 2 aliphatic rings. The van der Waals surface area contributed by atoms with Gasteiger partial charge in [0.15, 0.2) is 0 Å². The Balaban J connectivity index is 1.80. The van der Waals surface area contributed by atoms with Crippen LogP contribution in [0.15, 0.2) is 18.2 Å². The van der Waals surface area contributed by atoms with Gasteiger partial charge in [-0.25, -0.2) is 0 Å². The topological polar surface area (TPSA) is 58.6 Å². The predicted octanol–water partition coefficient (Wildman–Crippen LogP) is 2.60. The summed E-state index contributed by atoms with van der Waals surface area (Å²) in [5.41, 5.74) is 1.68. The highest BCUT2D eigenvalue weighted by Crippen LogP contribution is 2.40. The van der Waals surface area contributed by atoms with Gasteiger partial charge in [-0.2, -0.15) is 0 Å². The number of aliphatic hydroxyl groups excluding tert-OH is 1. The lowest BCUT2D eigenvalue weighted by atomic mass is 9.92. The van der Waals surface area contributed by atoms with Gasteiger partial charge in [0.05, 0.1) is 17.7 Å². The van der Waals surface area contributed by atoms with Crippen LogP contribution in [0.25, 0.3) is 0 Å². The SMILES string of the molecule is CC1Oc2c(C(=O)N[C@@H]3CCCC[C@H]3O)cccc2C1C. The Kier molecular flexibility index (Phi) is 3.89. The number of amides is 1. The van der Waals surface area contributed by atoms with E-state index in [9.17, 15) is 9.90 Å². The standard InChI is InChI=1S/C17H23NO3/c1-10-11(2)21-16-12(10)6-5-7-13(16)17(20)18-14-8-3-4-9-15(14)19/h5-7,10-11,14-15,19H,3-4,8-9H2,1-2H3,(H,18,20)/t10?,11?,14-,15-/m1/s1. The molecular formula is C17H23NO3. The summed E-state index contributed by atoms with van der Waals surface area (Å²) in [7, 11) is 0. The van der Waals surface area contributed by atoms with Crippen LogP contribution in [-0.4, -0.2) is 29.3 Å². The number of carbonyl (C=O) groups excluding carboxylic acids is 1. The summed E-state index contributed by atoms with van der Waals surface area (Å²) in [5.74, 6) is 0.868. The van der Waals surface area contributed by atoms with Crippen molar-refractivity contribution in [2.75, 3.05) is 0 Å². The quantitative estimate of drug-likeness (QED) is 0.880. The number of hydrogen-bond donors (Lipinski definition) is 2. The van der Waals surface area contributed by atoms with Gasteiger partial charge in [-0.05, 0) is 25.8 Å². The van der Waals surface area contributed by atoms with Crippen molar-refractivity contribution in [2.24, 2.45) is 0 Å². The van der Waals surface area contributed by atoms with Crippen LogP contribution < -0.4 is 10.1 Å². The van der Waals surface area contributed by atoms with Crippen LogP contribution >= 0.6 is 0 Å². The molecule has 4 atom stereocenters. The van der Waals surface area contributed by atoms with Crippen molar-refractivity contribution in [2.45, 2.75) is 63.7 Å². The third kappa shape index (κ3) is 2.64. The molecule has 2 unspecified atom stereocenters. The number of benzene rings is 1. The first kappa shape index (κ1) is 14.4. The molecule has 1 amide bonds. The molecular weight excluding hydrogens is 266 g/mol. The fraction of sp³-hybridized carbons (Fsp3) is 0.588. The third-order valence-corrected chi connectivity index (χ3v) is 4.83. The molecule has 0 bridgehead atoms. The van der Waals surface area contributed by atoms with E-state index in [2.05, 4.69) is 12.2 Å². The van der Waals surface area contributed by atoms with Crippen molar-refractivity contribution in [3.05, 3.63) is 29.3 Å².